The summed E-state index contributed by atoms with van der Waals surface area (Å²) < 4.78 is 2.30. The first-order valence-electron chi connectivity index (χ1n) is 6.30. The van der Waals surface area contributed by atoms with Gasteiger partial charge in [0.2, 0.25) is 0 Å². The third kappa shape index (κ3) is 2.81. The predicted molar refractivity (Wildman–Crippen MR) is 73.7 cm³/mol. The second-order valence-corrected chi connectivity index (χ2v) is 5.18. The lowest BCUT2D eigenvalue weighted by Gasteiger charge is -2.06. The van der Waals surface area contributed by atoms with E-state index in [2.05, 4.69) is 29.7 Å². The van der Waals surface area contributed by atoms with Crippen molar-refractivity contribution in [2.45, 2.75) is 45.0 Å². The van der Waals surface area contributed by atoms with E-state index in [-0.39, 0.29) is 5.38 Å². The second kappa shape index (κ2) is 5.54. The average molecular weight is 251 g/mol. The van der Waals surface area contributed by atoms with Crippen LogP contribution < -0.4 is 0 Å². The number of imidazole rings is 1. The summed E-state index contributed by atoms with van der Waals surface area (Å²) in [6.45, 7) is 5.19. The Morgan fingerprint density at radius 3 is 2.82 bits per heavy atom. The molecule has 0 aliphatic rings. The summed E-state index contributed by atoms with van der Waals surface area (Å²) in [5.41, 5.74) is 2.34. The van der Waals surface area contributed by atoms with Gasteiger partial charge in [-0.2, -0.15) is 0 Å². The molecule has 0 aliphatic heterocycles. The summed E-state index contributed by atoms with van der Waals surface area (Å²) in [5.74, 6) is 1.19. The molecule has 0 radical (unpaired) electrons. The van der Waals surface area contributed by atoms with Gasteiger partial charge in [-0.25, -0.2) is 4.98 Å². The standard InChI is InChI=1S/C14H19ClN2/c1-3-17-13-9-5-4-8-12(13)16-14(17)10-6-7-11(2)15/h4-5,8-9,11H,3,6-7,10H2,1-2H3. The fourth-order valence-electron chi connectivity index (χ4n) is 2.21. The Morgan fingerprint density at radius 2 is 2.12 bits per heavy atom. The van der Waals surface area contributed by atoms with Crippen LogP contribution in [0.1, 0.15) is 32.5 Å². The number of para-hydroxylation sites is 2. The summed E-state index contributed by atoms with van der Waals surface area (Å²) >= 11 is 5.97. The van der Waals surface area contributed by atoms with Crippen LogP contribution in [0.5, 0.6) is 0 Å². The van der Waals surface area contributed by atoms with Crippen molar-refractivity contribution in [2.75, 3.05) is 0 Å². The van der Waals surface area contributed by atoms with E-state index in [1.807, 2.05) is 13.0 Å². The van der Waals surface area contributed by atoms with Crippen molar-refractivity contribution in [2.24, 2.45) is 0 Å². The quantitative estimate of drug-likeness (QED) is 0.734. The van der Waals surface area contributed by atoms with E-state index in [4.69, 9.17) is 16.6 Å². The number of fused-ring (bicyclic) bond motifs is 1. The SMILES string of the molecule is CCn1c(CCCC(C)Cl)nc2ccccc21. The molecule has 2 nitrogen and oxygen atoms in total. The van der Waals surface area contributed by atoms with Crippen LogP contribution in [0.25, 0.3) is 11.0 Å². The highest BCUT2D eigenvalue weighted by Crippen LogP contribution is 2.18. The van der Waals surface area contributed by atoms with E-state index >= 15 is 0 Å². The molecular formula is C14H19ClN2. The molecule has 1 atom stereocenters. The fraction of sp³-hybridized carbons (Fsp3) is 0.500. The normalized spacial score (nSPS) is 13.1. The van der Waals surface area contributed by atoms with Crippen molar-refractivity contribution in [3.8, 4) is 0 Å². The van der Waals surface area contributed by atoms with Crippen LogP contribution in [-0.4, -0.2) is 14.9 Å². The topological polar surface area (TPSA) is 17.8 Å². The molecule has 0 fully saturated rings. The maximum atomic E-state index is 5.97. The Morgan fingerprint density at radius 1 is 1.35 bits per heavy atom. The van der Waals surface area contributed by atoms with Crippen LogP contribution in [0.2, 0.25) is 0 Å². The number of aryl methyl sites for hydroxylation is 2. The van der Waals surface area contributed by atoms with Crippen LogP contribution in [0.3, 0.4) is 0 Å². The molecular weight excluding hydrogens is 232 g/mol. The Hall–Kier alpha value is -1.02. The van der Waals surface area contributed by atoms with Crippen LogP contribution in [0.15, 0.2) is 24.3 Å². The molecule has 2 rings (SSSR count). The zero-order chi connectivity index (χ0) is 12.3. The van der Waals surface area contributed by atoms with Crippen molar-refractivity contribution in [1.29, 1.82) is 0 Å². The Kier molecular flexibility index (Phi) is 4.06. The molecule has 1 unspecified atom stereocenters. The average Bonchev–Trinajstić information content (AvgIpc) is 2.66. The summed E-state index contributed by atoms with van der Waals surface area (Å²) in [7, 11) is 0. The van der Waals surface area contributed by atoms with E-state index in [1.54, 1.807) is 0 Å². The van der Waals surface area contributed by atoms with Crippen LogP contribution in [-0.2, 0) is 13.0 Å². The van der Waals surface area contributed by atoms with Gasteiger partial charge in [-0.05, 0) is 38.8 Å². The number of rotatable bonds is 5. The molecule has 1 aromatic heterocycles. The highest BCUT2D eigenvalue weighted by atomic mass is 35.5. The summed E-state index contributed by atoms with van der Waals surface area (Å²) in [4.78, 5) is 4.70. The molecule has 0 aliphatic carbocycles. The molecule has 0 amide bonds. The van der Waals surface area contributed by atoms with Gasteiger partial charge in [0.25, 0.3) is 0 Å². The predicted octanol–water partition coefficient (Wildman–Crippen LogP) is 4.01. The smallest absolute Gasteiger partial charge is 0.109 e. The van der Waals surface area contributed by atoms with Gasteiger partial charge >= 0.3 is 0 Å². The minimum Gasteiger partial charge on any atom is -0.328 e. The molecule has 2 aromatic rings. The molecule has 0 N–H and O–H groups in total. The highest BCUT2D eigenvalue weighted by Gasteiger charge is 2.08. The maximum absolute atomic E-state index is 5.97. The number of alkyl halides is 1. The summed E-state index contributed by atoms with van der Waals surface area (Å²) in [6, 6.07) is 8.33. The van der Waals surface area contributed by atoms with Crippen LogP contribution in [0.4, 0.5) is 0 Å². The molecule has 0 saturated carbocycles. The molecule has 0 bridgehead atoms. The van der Waals surface area contributed by atoms with Crippen LogP contribution >= 0.6 is 11.6 Å². The molecule has 3 heteroatoms. The number of hydrogen-bond donors (Lipinski definition) is 0. The Labute approximate surface area is 108 Å². The van der Waals surface area contributed by atoms with Gasteiger partial charge in [-0.15, -0.1) is 11.6 Å². The van der Waals surface area contributed by atoms with Gasteiger partial charge in [0.05, 0.1) is 11.0 Å². The number of benzene rings is 1. The third-order valence-corrected chi connectivity index (χ3v) is 3.27. The summed E-state index contributed by atoms with van der Waals surface area (Å²) in [5, 5.41) is 0.259. The van der Waals surface area contributed by atoms with E-state index in [0.717, 1.165) is 31.3 Å². The van der Waals surface area contributed by atoms with Gasteiger partial charge in [0, 0.05) is 18.3 Å². The number of hydrogen-bond acceptors (Lipinski definition) is 1. The molecule has 1 aromatic carbocycles. The van der Waals surface area contributed by atoms with Crippen molar-refractivity contribution in [1.82, 2.24) is 9.55 Å². The molecule has 0 saturated heterocycles. The van der Waals surface area contributed by atoms with Gasteiger partial charge in [-0.3, -0.25) is 0 Å². The van der Waals surface area contributed by atoms with Crippen molar-refractivity contribution in [3.05, 3.63) is 30.1 Å². The Balaban J connectivity index is 2.21. The Bertz CT molecular complexity index is 488. The van der Waals surface area contributed by atoms with E-state index in [9.17, 15) is 0 Å². The molecule has 92 valence electrons. The van der Waals surface area contributed by atoms with Crippen molar-refractivity contribution in [3.63, 3.8) is 0 Å². The first kappa shape index (κ1) is 12.4. The lowest BCUT2D eigenvalue weighted by atomic mass is 10.2. The van der Waals surface area contributed by atoms with Crippen LogP contribution in [0, 0.1) is 0 Å². The molecule has 0 spiro atoms. The number of halogens is 1. The fourth-order valence-corrected chi connectivity index (χ4v) is 2.36. The maximum Gasteiger partial charge on any atom is 0.109 e. The monoisotopic (exact) mass is 250 g/mol. The van der Waals surface area contributed by atoms with Gasteiger partial charge < -0.3 is 4.57 Å². The van der Waals surface area contributed by atoms with E-state index in [1.165, 1.54) is 11.3 Å². The first-order chi connectivity index (χ1) is 8.22. The third-order valence-electron chi connectivity index (χ3n) is 3.05. The lowest BCUT2D eigenvalue weighted by molar-refractivity contribution is 0.653. The molecule has 17 heavy (non-hydrogen) atoms. The van der Waals surface area contributed by atoms with Gasteiger partial charge in [-0.1, -0.05) is 12.1 Å². The highest BCUT2D eigenvalue weighted by molar-refractivity contribution is 6.20. The number of aromatic nitrogens is 2. The number of nitrogens with zero attached hydrogens (tertiary/aromatic N) is 2. The zero-order valence-corrected chi connectivity index (χ0v) is 11.2. The summed E-state index contributed by atoms with van der Waals surface area (Å²) in [6.07, 6.45) is 3.17. The zero-order valence-electron chi connectivity index (χ0n) is 10.5. The largest absolute Gasteiger partial charge is 0.328 e. The first-order valence-corrected chi connectivity index (χ1v) is 6.74. The van der Waals surface area contributed by atoms with Gasteiger partial charge in [0.15, 0.2) is 0 Å². The lowest BCUT2D eigenvalue weighted by Crippen LogP contribution is -2.03. The molecule has 1 heterocycles. The minimum absolute atomic E-state index is 0.259. The second-order valence-electron chi connectivity index (χ2n) is 4.43. The van der Waals surface area contributed by atoms with E-state index in [0.29, 0.717) is 0 Å². The van der Waals surface area contributed by atoms with E-state index < -0.39 is 0 Å². The van der Waals surface area contributed by atoms with Crippen molar-refractivity contribution < 1.29 is 0 Å². The van der Waals surface area contributed by atoms with Gasteiger partial charge in [0.1, 0.15) is 5.82 Å². The van der Waals surface area contributed by atoms with Crippen molar-refractivity contribution >= 4 is 22.6 Å². The minimum atomic E-state index is 0.259.